The maximum absolute atomic E-state index is 12.8. The van der Waals surface area contributed by atoms with E-state index in [1.54, 1.807) is 35.5 Å². The molecule has 2 heterocycles. The van der Waals surface area contributed by atoms with Crippen LogP contribution in [0.25, 0.3) is 10.2 Å². The summed E-state index contributed by atoms with van der Waals surface area (Å²) < 4.78 is 6.52. The van der Waals surface area contributed by atoms with E-state index in [9.17, 15) is 14.9 Å². The number of nitro benzene ring substituents is 1. The van der Waals surface area contributed by atoms with Crippen LogP contribution in [0.3, 0.4) is 0 Å². The fourth-order valence-electron chi connectivity index (χ4n) is 3.48. The molecule has 0 unspecified atom stereocenters. The van der Waals surface area contributed by atoms with Crippen LogP contribution in [0.4, 0.5) is 10.8 Å². The predicted molar refractivity (Wildman–Crippen MR) is 112 cm³/mol. The van der Waals surface area contributed by atoms with Gasteiger partial charge in [-0.2, -0.15) is 0 Å². The largest absolute Gasteiger partial charge is 0.494 e. The van der Waals surface area contributed by atoms with Crippen LogP contribution >= 0.6 is 11.3 Å². The Morgan fingerprint density at radius 3 is 2.59 bits per heavy atom. The first-order valence-electron chi connectivity index (χ1n) is 9.21. The van der Waals surface area contributed by atoms with E-state index < -0.39 is 4.92 Å². The van der Waals surface area contributed by atoms with Crippen LogP contribution in [0.5, 0.6) is 5.75 Å². The molecule has 0 aliphatic carbocycles. The van der Waals surface area contributed by atoms with Gasteiger partial charge in [-0.05, 0) is 24.6 Å². The maximum Gasteiger partial charge on any atom is 0.282 e. The zero-order valence-corrected chi connectivity index (χ0v) is 16.9. The van der Waals surface area contributed by atoms with Crippen molar-refractivity contribution < 1.29 is 14.5 Å². The Bertz CT molecular complexity index is 1090. The summed E-state index contributed by atoms with van der Waals surface area (Å²) in [5.41, 5.74) is 1.97. The van der Waals surface area contributed by atoms with Gasteiger partial charge < -0.3 is 14.5 Å². The zero-order chi connectivity index (χ0) is 20.5. The van der Waals surface area contributed by atoms with Crippen molar-refractivity contribution in [2.24, 2.45) is 0 Å². The Kier molecular flexibility index (Phi) is 5.06. The molecule has 1 aromatic heterocycles. The van der Waals surface area contributed by atoms with E-state index in [1.807, 2.05) is 19.1 Å². The summed E-state index contributed by atoms with van der Waals surface area (Å²) in [6.45, 7) is 4.25. The zero-order valence-electron chi connectivity index (χ0n) is 16.1. The van der Waals surface area contributed by atoms with Crippen molar-refractivity contribution in [3.8, 4) is 5.75 Å². The predicted octanol–water partition coefficient (Wildman–Crippen LogP) is 3.48. The number of fused-ring (bicyclic) bond motifs is 1. The summed E-state index contributed by atoms with van der Waals surface area (Å²) >= 11 is 1.61. The topological polar surface area (TPSA) is 88.8 Å². The molecule has 0 spiro atoms. The summed E-state index contributed by atoms with van der Waals surface area (Å²) in [7, 11) is 1.64. The van der Waals surface area contributed by atoms with Gasteiger partial charge in [-0.3, -0.25) is 14.9 Å². The molecule has 9 heteroatoms. The Labute approximate surface area is 171 Å². The second-order valence-electron chi connectivity index (χ2n) is 6.81. The van der Waals surface area contributed by atoms with Crippen LogP contribution in [0, 0.1) is 17.0 Å². The molecule has 0 N–H and O–H groups in total. The molecule has 1 amide bonds. The van der Waals surface area contributed by atoms with Crippen LogP contribution in [0.1, 0.15) is 15.9 Å². The number of hydrogen-bond donors (Lipinski definition) is 0. The Morgan fingerprint density at radius 1 is 1.17 bits per heavy atom. The summed E-state index contributed by atoms with van der Waals surface area (Å²) in [5.74, 6) is 0.442. The van der Waals surface area contributed by atoms with E-state index in [4.69, 9.17) is 9.72 Å². The number of piperazine rings is 1. The lowest BCUT2D eigenvalue weighted by atomic mass is 10.1. The number of nitrogens with zero attached hydrogens (tertiary/aromatic N) is 4. The molecule has 2 aromatic carbocycles. The number of aromatic nitrogens is 1. The van der Waals surface area contributed by atoms with Crippen molar-refractivity contribution >= 4 is 38.3 Å². The Balaban J connectivity index is 1.52. The average Bonchev–Trinajstić information content (AvgIpc) is 3.20. The van der Waals surface area contributed by atoms with Gasteiger partial charge in [0.15, 0.2) is 5.13 Å². The average molecular weight is 412 g/mol. The SMILES string of the molecule is COc1ccc(C)c2sc(N3CCN(C(=O)c4ccccc4[N+](=O)[O-])CC3)nc12. The highest BCUT2D eigenvalue weighted by atomic mass is 32.1. The first-order valence-corrected chi connectivity index (χ1v) is 10.0. The number of para-hydroxylation sites is 1. The number of nitro groups is 1. The third-order valence-electron chi connectivity index (χ3n) is 5.08. The van der Waals surface area contributed by atoms with Crippen molar-refractivity contribution in [2.45, 2.75) is 6.92 Å². The molecule has 0 bridgehead atoms. The number of rotatable bonds is 4. The van der Waals surface area contributed by atoms with Gasteiger partial charge in [0.1, 0.15) is 16.8 Å². The van der Waals surface area contributed by atoms with Crippen molar-refractivity contribution in [2.75, 3.05) is 38.2 Å². The lowest BCUT2D eigenvalue weighted by Gasteiger charge is -2.34. The Morgan fingerprint density at radius 2 is 1.90 bits per heavy atom. The molecule has 1 aliphatic heterocycles. The summed E-state index contributed by atoms with van der Waals surface area (Å²) in [4.78, 5) is 32.1. The summed E-state index contributed by atoms with van der Waals surface area (Å²) in [5, 5.41) is 12.1. The lowest BCUT2D eigenvalue weighted by molar-refractivity contribution is -0.385. The fourth-order valence-corrected chi connectivity index (χ4v) is 4.59. The van der Waals surface area contributed by atoms with Crippen molar-refractivity contribution in [1.29, 1.82) is 0 Å². The molecule has 0 atom stereocenters. The van der Waals surface area contributed by atoms with Gasteiger partial charge >= 0.3 is 0 Å². The second-order valence-corrected chi connectivity index (χ2v) is 7.79. The minimum atomic E-state index is -0.514. The van der Waals surface area contributed by atoms with Gasteiger partial charge in [0.2, 0.25) is 0 Å². The van der Waals surface area contributed by atoms with E-state index in [0.29, 0.717) is 26.2 Å². The molecule has 8 nitrogen and oxygen atoms in total. The van der Waals surface area contributed by atoms with Crippen LogP contribution in [0.2, 0.25) is 0 Å². The van der Waals surface area contributed by atoms with Crippen molar-refractivity contribution in [1.82, 2.24) is 9.88 Å². The summed E-state index contributed by atoms with van der Waals surface area (Å²) in [6, 6.07) is 10.0. The number of hydrogen-bond acceptors (Lipinski definition) is 7. The molecule has 29 heavy (non-hydrogen) atoms. The Hall–Kier alpha value is -3.20. The fraction of sp³-hybridized carbons (Fsp3) is 0.300. The number of anilines is 1. The molecule has 3 aromatic rings. The van der Waals surface area contributed by atoms with E-state index >= 15 is 0 Å². The van der Waals surface area contributed by atoms with Gasteiger partial charge in [0.05, 0.1) is 16.7 Å². The molecular formula is C20H20N4O4S. The number of carbonyl (C=O) groups excluding carboxylic acids is 1. The second kappa shape index (κ2) is 7.67. The first-order chi connectivity index (χ1) is 14.0. The molecule has 0 radical (unpaired) electrons. The first kappa shape index (κ1) is 19.1. The standard InChI is InChI=1S/C20H20N4O4S/c1-13-7-8-16(28-2)17-18(13)29-20(21-17)23-11-9-22(10-12-23)19(25)14-5-3-4-6-15(14)24(26)27/h3-8H,9-12H2,1-2H3. The van der Waals surface area contributed by atoms with Crippen molar-refractivity contribution in [3.63, 3.8) is 0 Å². The maximum atomic E-state index is 12.8. The number of aryl methyl sites for hydroxylation is 1. The summed E-state index contributed by atoms with van der Waals surface area (Å²) in [6.07, 6.45) is 0. The lowest BCUT2D eigenvalue weighted by Crippen LogP contribution is -2.48. The molecule has 4 rings (SSSR count). The number of carbonyl (C=O) groups is 1. The monoisotopic (exact) mass is 412 g/mol. The van der Waals surface area contributed by atoms with Crippen LogP contribution in [-0.4, -0.2) is 54.0 Å². The number of benzene rings is 2. The molecule has 1 fully saturated rings. The highest BCUT2D eigenvalue weighted by Crippen LogP contribution is 2.36. The van der Waals surface area contributed by atoms with Crippen molar-refractivity contribution in [3.05, 3.63) is 57.6 Å². The number of methoxy groups -OCH3 is 1. The van der Waals surface area contributed by atoms with E-state index in [-0.39, 0.29) is 17.2 Å². The molecular weight excluding hydrogens is 392 g/mol. The van der Waals surface area contributed by atoms with Crippen LogP contribution < -0.4 is 9.64 Å². The number of ether oxygens (including phenoxy) is 1. The van der Waals surface area contributed by atoms with Gasteiger partial charge in [0.25, 0.3) is 11.6 Å². The molecule has 0 saturated carbocycles. The number of thiazole rings is 1. The van der Waals surface area contributed by atoms with E-state index in [2.05, 4.69) is 4.90 Å². The van der Waals surface area contributed by atoms with Crippen LogP contribution in [-0.2, 0) is 0 Å². The highest BCUT2D eigenvalue weighted by molar-refractivity contribution is 7.22. The smallest absolute Gasteiger partial charge is 0.282 e. The minimum Gasteiger partial charge on any atom is -0.494 e. The van der Waals surface area contributed by atoms with Gasteiger partial charge in [-0.25, -0.2) is 4.98 Å². The van der Waals surface area contributed by atoms with Crippen LogP contribution in [0.15, 0.2) is 36.4 Å². The highest BCUT2D eigenvalue weighted by Gasteiger charge is 2.28. The van der Waals surface area contributed by atoms with Gasteiger partial charge in [-0.15, -0.1) is 0 Å². The molecule has 1 saturated heterocycles. The van der Waals surface area contributed by atoms with Gasteiger partial charge in [0, 0.05) is 32.2 Å². The molecule has 150 valence electrons. The number of amides is 1. The third kappa shape index (κ3) is 3.49. The normalized spacial score (nSPS) is 14.3. The van der Waals surface area contributed by atoms with Gasteiger partial charge in [-0.1, -0.05) is 29.5 Å². The molecule has 1 aliphatic rings. The quantitative estimate of drug-likeness (QED) is 0.481. The minimum absolute atomic E-state index is 0.131. The van der Waals surface area contributed by atoms with E-state index in [0.717, 1.165) is 26.7 Å². The third-order valence-corrected chi connectivity index (χ3v) is 6.33. The van der Waals surface area contributed by atoms with E-state index in [1.165, 1.54) is 12.1 Å².